The zero-order valence-corrected chi connectivity index (χ0v) is 15.5. The van der Waals surface area contributed by atoms with E-state index in [1.54, 1.807) is 12.1 Å². The van der Waals surface area contributed by atoms with Crippen molar-refractivity contribution in [3.63, 3.8) is 0 Å². The van der Waals surface area contributed by atoms with Crippen molar-refractivity contribution in [1.29, 1.82) is 0 Å². The van der Waals surface area contributed by atoms with Crippen LogP contribution < -0.4 is 14.2 Å². The third kappa shape index (κ3) is 4.36. The highest BCUT2D eigenvalue weighted by molar-refractivity contribution is 6.43. The molecule has 0 N–H and O–H groups in total. The summed E-state index contributed by atoms with van der Waals surface area (Å²) in [7, 11) is 0. The maximum absolute atomic E-state index is 11.8. The van der Waals surface area contributed by atoms with E-state index in [0.29, 0.717) is 27.1 Å². The highest BCUT2D eigenvalue weighted by Crippen LogP contribution is 2.40. The predicted octanol–water partition coefficient (Wildman–Crippen LogP) is 5.15. The van der Waals surface area contributed by atoms with E-state index >= 15 is 0 Å². The Morgan fingerprint density at radius 2 is 1.72 bits per heavy atom. The number of carbonyl (C=O) groups excluding carboxylic acids is 1. The Kier molecular flexibility index (Phi) is 5.69. The largest absolute Gasteiger partial charge is 0.480 e. The van der Waals surface area contributed by atoms with E-state index in [1.807, 2.05) is 0 Å². The maximum Gasteiger partial charge on any atom is 0.344 e. The number of carbonyl (C=O) groups is 1. The zero-order valence-electron chi connectivity index (χ0n) is 12.5. The van der Waals surface area contributed by atoms with Gasteiger partial charge in [0.05, 0.1) is 20.1 Å². The van der Waals surface area contributed by atoms with E-state index in [1.165, 1.54) is 12.1 Å². The van der Waals surface area contributed by atoms with Crippen LogP contribution in [0.3, 0.4) is 0 Å². The zero-order chi connectivity index (χ0) is 18.0. The summed E-state index contributed by atoms with van der Waals surface area (Å²) in [4.78, 5) is 11.8. The first-order chi connectivity index (χ1) is 11.9. The molecule has 0 bridgehead atoms. The minimum atomic E-state index is -0.587. The Morgan fingerprint density at radius 3 is 2.52 bits per heavy atom. The average Bonchev–Trinajstić information content (AvgIpc) is 3.04. The molecule has 25 heavy (non-hydrogen) atoms. The molecule has 0 aliphatic carbocycles. The minimum Gasteiger partial charge on any atom is -0.480 e. The number of hydrogen-bond acceptors (Lipinski definition) is 5. The van der Waals surface area contributed by atoms with E-state index in [2.05, 4.69) is 0 Å². The quantitative estimate of drug-likeness (QED) is 0.491. The van der Waals surface area contributed by atoms with Crippen molar-refractivity contribution in [2.24, 2.45) is 0 Å². The molecule has 2 aromatic carbocycles. The number of fused-ring (bicyclic) bond motifs is 1. The van der Waals surface area contributed by atoms with Crippen LogP contribution in [0.25, 0.3) is 0 Å². The fourth-order valence-corrected chi connectivity index (χ4v) is 2.94. The Bertz CT molecular complexity index is 825. The molecule has 0 fully saturated rings. The SMILES string of the molecule is O=C(COc1cc(Cl)c(Cl)cc1Cl)OCc1cc(Cl)c2c(c1)OCO2. The summed E-state index contributed by atoms with van der Waals surface area (Å²) >= 11 is 23.7. The smallest absolute Gasteiger partial charge is 0.344 e. The number of esters is 1. The van der Waals surface area contributed by atoms with E-state index in [4.69, 9.17) is 65.4 Å². The van der Waals surface area contributed by atoms with Crippen LogP contribution in [0.5, 0.6) is 17.2 Å². The monoisotopic (exact) mass is 422 g/mol. The highest BCUT2D eigenvalue weighted by atomic mass is 35.5. The van der Waals surface area contributed by atoms with Gasteiger partial charge in [0, 0.05) is 6.07 Å². The van der Waals surface area contributed by atoms with Crippen molar-refractivity contribution in [2.45, 2.75) is 6.61 Å². The second kappa shape index (κ2) is 7.79. The van der Waals surface area contributed by atoms with Crippen LogP contribution >= 0.6 is 46.4 Å². The molecule has 0 radical (unpaired) electrons. The van der Waals surface area contributed by atoms with Crippen molar-refractivity contribution in [3.05, 3.63) is 49.9 Å². The molecular formula is C16H10Cl4O5. The minimum absolute atomic E-state index is 0.00760. The average molecular weight is 424 g/mol. The molecule has 0 saturated carbocycles. The Balaban J connectivity index is 1.55. The van der Waals surface area contributed by atoms with Gasteiger partial charge in [-0.3, -0.25) is 0 Å². The summed E-state index contributed by atoms with van der Waals surface area (Å²) in [5.41, 5.74) is 0.662. The van der Waals surface area contributed by atoms with Crippen LogP contribution in [0.15, 0.2) is 24.3 Å². The van der Waals surface area contributed by atoms with Crippen molar-refractivity contribution in [2.75, 3.05) is 13.4 Å². The number of hydrogen-bond donors (Lipinski definition) is 0. The standard InChI is InChI=1S/C16H10Cl4O5/c17-9-3-11(19)13(4-10(9)18)22-6-15(21)23-5-8-1-12(20)16-14(2-8)24-7-25-16/h1-4H,5-7H2. The number of rotatable bonds is 5. The summed E-state index contributed by atoms with van der Waals surface area (Å²) in [5.74, 6) is 0.641. The summed E-state index contributed by atoms with van der Waals surface area (Å²) in [6.45, 7) is -0.222. The van der Waals surface area contributed by atoms with E-state index in [9.17, 15) is 4.79 Å². The highest BCUT2D eigenvalue weighted by Gasteiger charge is 2.19. The van der Waals surface area contributed by atoms with Gasteiger partial charge in [0.2, 0.25) is 6.79 Å². The van der Waals surface area contributed by atoms with Gasteiger partial charge in [-0.25, -0.2) is 4.79 Å². The van der Waals surface area contributed by atoms with Crippen molar-refractivity contribution >= 4 is 52.4 Å². The molecule has 5 nitrogen and oxygen atoms in total. The summed E-state index contributed by atoms with van der Waals surface area (Å²) in [6, 6.07) is 6.19. The van der Waals surface area contributed by atoms with Gasteiger partial charge in [-0.05, 0) is 23.8 Å². The Hall–Kier alpha value is -1.53. The summed E-state index contributed by atoms with van der Waals surface area (Å²) < 4.78 is 20.9. The topological polar surface area (TPSA) is 54.0 Å². The first-order valence-corrected chi connectivity index (χ1v) is 8.46. The summed E-state index contributed by atoms with van der Waals surface area (Å²) in [5, 5.41) is 1.19. The van der Waals surface area contributed by atoms with Gasteiger partial charge in [-0.2, -0.15) is 0 Å². The van der Waals surface area contributed by atoms with Crippen molar-refractivity contribution in [3.8, 4) is 17.2 Å². The van der Waals surface area contributed by atoms with Gasteiger partial charge >= 0.3 is 5.97 Å². The second-order valence-corrected chi connectivity index (χ2v) is 6.59. The molecule has 9 heteroatoms. The van der Waals surface area contributed by atoms with Crippen LogP contribution in [0.4, 0.5) is 0 Å². The van der Waals surface area contributed by atoms with Gasteiger partial charge < -0.3 is 18.9 Å². The van der Waals surface area contributed by atoms with Crippen LogP contribution in [0, 0.1) is 0 Å². The Labute approximate surface area is 163 Å². The van der Waals surface area contributed by atoms with Crippen molar-refractivity contribution < 1.29 is 23.7 Å². The second-order valence-electron chi connectivity index (χ2n) is 4.96. The number of ether oxygens (including phenoxy) is 4. The lowest BCUT2D eigenvalue weighted by Gasteiger charge is -2.10. The molecular weight excluding hydrogens is 414 g/mol. The number of halogens is 4. The third-order valence-electron chi connectivity index (χ3n) is 3.21. The molecule has 1 aliphatic rings. The van der Waals surface area contributed by atoms with Crippen LogP contribution in [0.2, 0.25) is 20.1 Å². The first kappa shape index (κ1) is 18.3. The lowest BCUT2D eigenvalue weighted by Crippen LogP contribution is -2.15. The normalized spacial score (nSPS) is 12.2. The lowest BCUT2D eigenvalue weighted by atomic mass is 10.2. The maximum atomic E-state index is 11.8. The van der Waals surface area contributed by atoms with E-state index < -0.39 is 5.97 Å². The van der Waals surface area contributed by atoms with Crippen LogP contribution in [-0.4, -0.2) is 19.4 Å². The molecule has 132 valence electrons. The fourth-order valence-electron chi connectivity index (χ4n) is 2.06. The number of benzene rings is 2. The van der Waals surface area contributed by atoms with Gasteiger partial charge in [-0.1, -0.05) is 46.4 Å². The molecule has 1 aliphatic heterocycles. The lowest BCUT2D eigenvalue weighted by molar-refractivity contribution is -0.147. The van der Waals surface area contributed by atoms with Gasteiger partial charge in [-0.15, -0.1) is 0 Å². The molecule has 1 heterocycles. The van der Waals surface area contributed by atoms with E-state index in [0.717, 1.165) is 0 Å². The van der Waals surface area contributed by atoms with Gasteiger partial charge in [0.15, 0.2) is 18.1 Å². The molecule has 0 amide bonds. The van der Waals surface area contributed by atoms with Crippen LogP contribution in [-0.2, 0) is 16.1 Å². The molecule has 3 rings (SSSR count). The predicted molar refractivity (Wildman–Crippen MR) is 94.3 cm³/mol. The molecule has 0 atom stereocenters. The van der Waals surface area contributed by atoms with Crippen molar-refractivity contribution in [1.82, 2.24) is 0 Å². The molecule has 0 saturated heterocycles. The Morgan fingerprint density at radius 1 is 0.960 bits per heavy atom. The molecule has 0 aromatic heterocycles. The van der Waals surface area contributed by atoms with Gasteiger partial charge in [0.25, 0.3) is 0 Å². The molecule has 0 spiro atoms. The third-order valence-corrected chi connectivity index (χ3v) is 4.51. The molecule has 0 unspecified atom stereocenters. The first-order valence-electron chi connectivity index (χ1n) is 6.95. The molecule has 2 aromatic rings. The van der Waals surface area contributed by atoms with Gasteiger partial charge in [0.1, 0.15) is 12.4 Å². The summed E-state index contributed by atoms with van der Waals surface area (Å²) in [6.07, 6.45) is 0. The van der Waals surface area contributed by atoms with E-state index in [-0.39, 0.29) is 35.8 Å². The van der Waals surface area contributed by atoms with Crippen LogP contribution in [0.1, 0.15) is 5.56 Å². The fraction of sp³-hybridized carbons (Fsp3) is 0.188.